The van der Waals surface area contributed by atoms with Gasteiger partial charge in [-0.3, -0.25) is 0 Å². The SMILES string of the molecule is CCCNc1cc(Nc2c(F)cc(F)cc2Cl)ccn1. The van der Waals surface area contributed by atoms with Gasteiger partial charge in [0.05, 0.1) is 10.7 Å². The number of halogens is 3. The minimum absolute atomic E-state index is 0.0117. The third-order valence-electron chi connectivity index (χ3n) is 2.59. The topological polar surface area (TPSA) is 37.0 Å². The van der Waals surface area contributed by atoms with Crippen molar-refractivity contribution in [2.24, 2.45) is 0 Å². The molecule has 1 aromatic carbocycles. The maximum atomic E-state index is 13.7. The van der Waals surface area contributed by atoms with Gasteiger partial charge in [-0.15, -0.1) is 0 Å². The smallest absolute Gasteiger partial charge is 0.151 e. The summed E-state index contributed by atoms with van der Waals surface area (Å²) in [5.41, 5.74) is 0.659. The summed E-state index contributed by atoms with van der Waals surface area (Å²) >= 11 is 5.83. The third kappa shape index (κ3) is 3.57. The highest BCUT2D eigenvalue weighted by molar-refractivity contribution is 6.33. The van der Waals surface area contributed by atoms with Gasteiger partial charge in [-0.25, -0.2) is 13.8 Å². The van der Waals surface area contributed by atoms with Crippen LogP contribution in [0.25, 0.3) is 0 Å². The van der Waals surface area contributed by atoms with E-state index in [1.54, 1.807) is 18.3 Å². The third-order valence-corrected chi connectivity index (χ3v) is 2.89. The zero-order valence-corrected chi connectivity index (χ0v) is 11.6. The van der Waals surface area contributed by atoms with Gasteiger partial charge in [-0.05, 0) is 18.6 Å². The summed E-state index contributed by atoms with van der Waals surface area (Å²) in [5, 5.41) is 5.94. The molecule has 0 unspecified atom stereocenters. The first-order chi connectivity index (χ1) is 9.60. The highest BCUT2D eigenvalue weighted by Crippen LogP contribution is 2.29. The van der Waals surface area contributed by atoms with E-state index in [0.717, 1.165) is 25.1 Å². The van der Waals surface area contributed by atoms with Crippen molar-refractivity contribution in [1.29, 1.82) is 0 Å². The van der Waals surface area contributed by atoms with E-state index in [4.69, 9.17) is 11.6 Å². The molecule has 0 spiro atoms. The summed E-state index contributed by atoms with van der Waals surface area (Å²) in [4.78, 5) is 4.14. The van der Waals surface area contributed by atoms with E-state index in [1.807, 2.05) is 6.92 Å². The van der Waals surface area contributed by atoms with Crippen LogP contribution in [0.5, 0.6) is 0 Å². The molecular weight excluding hydrogens is 284 g/mol. The van der Waals surface area contributed by atoms with Crippen molar-refractivity contribution in [2.75, 3.05) is 17.2 Å². The van der Waals surface area contributed by atoms with Gasteiger partial charge >= 0.3 is 0 Å². The van der Waals surface area contributed by atoms with E-state index in [0.29, 0.717) is 11.5 Å². The Labute approximate surface area is 121 Å². The molecule has 0 bridgehead atoms. The van der Waals surface area contributed by atoms with Gasteiger partial charge in [0.25, 0.3) is 0 Å². The lowest BCUT2D eigenvalue weighted by atomic mass is 10.2. The fourth-order valence-electron chi connectivity index (χ4n) is 1.66. The second-order valence-corrected chi connectivity index (χ2v) is 4.63. The number of nitrogens with zero attached hydrogens (tertiary/aromatic N) is 1. The zero-order chi connectivity index (χ0) is 14.5. The number of hydrogen-bond donors (Lipinski definition) is 2. The van der Waals surface area contributed by atoms with E-state index < -0.39 is 11.6 Å². The Bertz CT molecular complexity index is 582. The predicted molar refractivity (Wildman–Crippen MR) is 77.7 cm³/mol. The lowest BCUT2D eigenvalue weighted by molar-refractivity contribution is 0.586. The van der Waals surface area contributed by atoms with Crippen LogP contribution in [-0.2, 0) is 0 Å². The largest absolute Gasteiger partial charge is 0.370 e. The molecule has 0 fully saturated rings. The van der Waals surface area contributed by atoms with Crippen molar-refractivity contribution in [3.05, 3.63) is 47.1 Å². The maximum Gasteiger partial charge on any atom is 0.151 e. The summed E-state index contributed by atoms with van der Waals surface area (Å²) in [5.74, 6) is -0.775. The number of rotatable bonds is 5. The molecule has 0 aliphatic carbocycles. The monoisotopic (exact) mass is 297 g/mol. The standard InChI is InChI=1S/C14H14ClF2N3/c1-2-4-18-13-8-10(3-5-19-13)20-14-11(15)6-9(16)7-12(14)17/h3,5-8H,2,4H2,1H3,(H2,18,19,20). The molecule has 1 heterocycles. The lowest BCUT2D eigenvalue weighted by Gasteiger charge is -2.11. The van der Waals surface area contributed by atoms with Crippen LogP contribution in [0.1, 0.15) is 13.3 Å². The number of nitrogens with one attached hydrogen (secondary N) is 2. The fourth-order valence-corrected chi connectivity index (χ4v) is 1.91. The Morgan fingerprint density at radius 3 is 2.75 bits per heavy atom. The molecule has 0 aliphatic heterocycles. The van der Waals surface area contributed by atoms with Crippen molar-refractivity contribution >= 4 is 28.8 Å². The Hall–Kier alpha value is -1.88. The van der Waals surface area contributed by atoms with Gasteiger partial charge in [0.1, 0.15) is 11.6 Å². The first kappa shape index (κ1) is 14.5. The quantitative estimate of drug-likeness (QED) is 0.848. The molecule has 2 rings (SSSR count). The van der Waals surface area contributed by atoms with E-state index in [1.165, 1.54) is 0 Å². The highest BCUT2D eigenvalue weighted by Gasteiger charge is 2.10. The maximum absolute atomic E-state index is 13.7. The summed E-state index contributed by atoms with van der Waals surface area (Å²) in [6, 6.07) is 5.25. The number of pyridine rings is 1. The van der Waals surface area contributed by atoms with Crippen molar-refractivity contribution in [2.45, 2.75) is 13.3 Å². The number of anilines is 3. The molecule has 0 aliphatic rings. The molecule has 0 radical (unpaired) electrons. The Morgan fingerprint density at radius 1 is 1.25 bits per heavy atom. The summed E-state index contributed by atoms with van der Waals surface area (Å²) in [6.07, 6.45) is 2.56. The molecule has 0 saturated heterocycles. The van der Waals surface area contributed by atoms with Crippen LogP contribution in [-0.4, -0.2) is 11.5 Å². The van der Waals surface area contributed by atoms with Crippen molar-refractivity contribution < 1.29 is 8.78 Å². The molecule has 2 aromatic rings. The fraction of sp³-hybridized carbons (Fsp3) is 0.214. The molecule has 2 N–H and O–H groups in total. The molecule has 3 nitrogen and oxygen atoms in total. The Kier molecular flexibility index (Phi) is 4.74. The first-order valence-electron chi connectivity index (χ1n) is 6.21. The summed E-state index contributed by atoms with van der Waals surface area (Å²) in [6.45, 7) is 2.84. The second kappa shape index (κ2) is 6.52. The molecule has 0 atom stereocenters. The summed E-state index contributed by atoms with van der Waals surface area (Å²) in [7, 11) is 0. The van der Waals surface area contributed by atoms with Crippen LogP contribution in [0.4, 0.5) is 26.0 Å². The van der Waals surface area contributed by atoms with Gasteiger partial charge in [-0.2, -0.15) is 0 Å². The first-order valence-corrected chi connectivity index (χ1v) is 6.59. The van der Waals surface area contributed by atoms with Crippen LogP contribution in [0.2, 0.25) is 5.02 Å². The van der Waals surface area contributed by atoms with Crippen molar-refractivity contribution in [3.63, 3.8) is 0 Å². The minimum atomic E-state index is -0.741. The average molecular weight is 298 g/mol. The summed E-state index contributed by atoms with van der Waals surface area (Å²) < 4.78 is 26.7. The van der Waals surface area contributed by atoms with Crippen LogP contribution < -0.4 is 10.6 Å². The van der Waals surface area contributed by atoms with Crippen molar-refractivity contribution in [3.8, 4) is 0 Å². The van der Waals surface area contributed by atoms with Gasteiger partial charge in [0.15, 0.2) is 5.82 Å². The Balaban J connectivity index is 2.22. The zero-order valence-electron chi connectivity index (χ0n) is 10.9. The van der Waals surface area contributed by atoms with Gasteiger partial charge in [0, 0.05) is 30.6 Å². The number of aromatic nitrogens is 1. The van der Waals surface area contributed by atoms with E-state index >= 15 is 0 Å². The minimum Gasteiger partial charge on any atom is -0.370 e. The normalized spacial score (nSPS) is 10.4. The molecule has 20 heavy (non-hydrogen) atoms. The van der Waals surface area contributed by atoms with Gasteiger partial charge < -0.3 is 10.6 Å². The van der Waals surface area contributed by atoms with Crippen LogP contribution >= 0.6 is 11.6 Å². The molecule has 106 valence electrons. The van der Waals surface area contributed by atoms with E-state index in [-0.39, 0.29) is 10.7 Å². The van der Waals surface area contributed by atoms with E-state index in [2.05, 4.69) is 15.6 Å². The van der Waals surface area contributed by atoms with E-state index in [9.17, 15) is 8.78 Å². The molecule has 6 heteroatoms. The Morgan fingerprint density at radius 2 is 2.05 bits per heavy atom. The van der Waals surface area contributed by atoms with Gasteiger partial charge in [0.2, 0.25) is 0 Å². The highest BCUT2D eigenvalue weighted by atomic mass is 35.5. The second-order valence-electron chi connectivity index (χ2n) is 4.23. The van der Waals surface area contributed by atoms with Crippen LogP contribution in [0.15, 0.2) is 30.5 Å². The lowest BCUT2D eigenvalue weighted by Crippen LogP contribution is -2.03. The van der Waals surface area contributed by atoms with Gasteiger partial charge in [-0.1, -0.05) is 18.5 Å². The number of hydrogen-bond acceptors (Lipinski definition) is 3. The molecule has 1 aromatic heterocycles. The molecular formula is C14H14ClF2N3. The molecule has 0 saturated carbocycles. The average Bonchev–Trinajstić information content (AvgIpc) is 2.41. The number of benzene rings is 1. The molecule has 0 amide bonds. The van der Waals surface area contributed by atoms with Crippen LogP contribution in [0, 0.1) is 11.6 Å². The van der Waals surface area contributed by atoms with Crippen molar-refractivity contribution in [1.82, 2.24) is 4.98 Å². The predicted octanol–water partition coefficient (Wildman–Crippen LogP) is 4.58. The van der Waals surface area contributed by atoms with Crippen LogP contribution in [0.3, 0.4) is 0 Å².